The number of aromatic nitrogens is 2. The van der Waals surface area contributed by atoms with E-state index in [4.69, 9.17) is 14.8 Å². The Morgan fingerprint density at radius 1 is 1.21 bits per heavy atom. The van der Waals surface area contributed by atoms with Gasteiger partial charge in [-0.15, -0.1) is 0 Å². The number of carboxylic acid groups (broad SMARTS) is 1. The predicted molar refractivity (Wildman–Crippen MR) is 137 cm³/mol. The fourth-order valence-corrected chi connectivity index (χ4v) is 5.52. The van der Waals surface area contributed by atoms with Gasteiger partial charge in [0.05, 0.1) is 17.1 Å². The highest BCUT2D eigenvalue weighted by Crippen LogP contribution is 2.46. The van der Waals surface area contributed by atoms with Crippen molar-refractivity contribution in [1.29, 1.82) is 0 Å². The number of nitrogens with one attached hydrogen (secondary N) is 1. The summed E-state index contributed by atoms with van der Waals surface area (Å²) in [5.41, 5.74) is 4.23. The van der Waals surface area contributed by atoms with Crippen LogP contribution in [0.5, 0.6) is 5.75 Å². The van der Waals surface area contributed by atoms with Gasteiger partial charge in [0.2, 0.25) is 5.95 Å². The first-order chi connectivity index (χ1) is 16.1. The maximum absolute atomic E-state index is 11.0. The van der Waals surface area contributed by atoms with E-state index in [0.29, 0.717) is 18.4 Å². The summed E-state index contributed by atoms with van der Waals surface area (Å²) in [5, 5.41) is 12.6. The highest BCUT2D eigenvalue weighted by Gasteiger charge is 2.34. The van der Waals surface area contributed by atoms with Crippen LogP contribution in [0, 0.1) is 11.3 Å². The first-order valence-electron chi connectivity index (χ1n) is 12.4. The molecule has 1 aliphatic carbocycles. The fourth-order valence-electron chi connectivity index (χ4n) is 5.52. The number of hydrogen-bond acceptors (Lipinski definition) is 4. The SMILES string of the molecule is CC(C)Oc1ccc(Nc2nc3cc(CCC(=O)O)ccc3n2[C@@H]2C[C@@H](C)CC(C)(C)C2)cc1. The third-order valence-corrected chi connectivity index (χ3v) is 6.59. The number of aliphatic carboxylic acids is 1. The number of benzene rings is 2. The van der Waals surface area contributed by atoms with E-state index >= 15 is 0 Å². The van der Waals surface area contributed by atoms with Crippen LogP contribution in [-0.4, -0.2) is 26.7 Å². The van der Waals surface area contributed by atoms with E-state index in [-0.39, 0.29) is 17.9 Å². The van der Waals surface area contributed by atoms with Crippen LogP contribution < -0.4 is 10.1 Å². The lowest BCUT2D eigenvalue weighted by molar-refractivity contribution is -0.136. The summed E-state index contributed by atoms with van der Waals surface area (Å²) in [6, 6.07) is 14.5. The lowest BCUT2D eigenvalue weighted by Crippen LogP contribution is -2.29. The van der Waals surface area contributed by atoms with E-state index in [1.165, 1.54) is 6.42 Å². The maximum Gasteiger partial charge on any atom is 0.303 e. The first-order valence-corrected chi connectivity index (χ1v) is 12.4. The van der Waals surface area contributed by atoms with Crippen LogP contribution in [0.25, 0.3) is 11.0 Å². The Morgan fingerprint density at radius 2 is 1.94 bits per heavy atom. The normalized spacial score (nSPS) is 19.9. The van der Waals surface area contributed by atoms with Crippen LogP contribution in [0.15, 0.2) is 42.5 Å². The Morgan fingerprint density at radius 3 is 2.59 bits per heavy atom. The minimum Gasteiger partial charge on any atom is -0.491 e. The number of ether oxygens (including phenoxy) is 1. The average Bonchev–Trinajstić information content (AvgIpc) is 3.09. The molecule has 1 heterocycles. The van der Waals surface area contributed by atoms with Gasteiger partial charge in [0.15, 0.2) is 0 Å². The molecular weight excluding hydrogens is 426 g/mol. The van der Waals surface area contributed by atoms with E-state index < -0.39 is 5.97 Å². The van der Waals surface area contributed by atoms with Crippen molar-refractivity contribution in [2.75, 3.05) is 5.32 Å². The molecule has 1 aliphatic rings. The second-order valence-electron chi connectivity index (χ2n) is 10.9. The van der Waals surface area contributed by atoms with Gasteiger partial charge in [-0.25, -0.2) is 4.98 Å². The number of carbonyl (C=O) groups is 1. The van der Waals surface area contributed by atoms with Crippen LogP contribution in [0.2, 0.25) is 0 Å². The number of nitrogens with zero attached hydrogens (tertiary/aromatic N) is 2. The van der Waals surface area contributed by atoms with Crippen molar-refractivity contribution in [2.45, 2.75) is 78.9 Å². The summed E-state index contributed by atoms with van der Waals surface area (Å²) in [7, 11) is 0. The molecule has 1 fully saturated rings. The zero-order valence-corrected chi connectivity index (χ0v) is 21.0. The molecule has 4 rings (SSSR count). The van der Waals surface area contributed by atoms with Gasteiger partial charge in [0.1, 0.15) is 5.75 Å². The van der Waals surface area contributed by atoms with Crippen LogP contribution in [0.4, 0.5) is 11.6 Å². The van der Waals surface area contributed by atoms with Gasteiger partial charge in [-0.3, -0.25) is 4.79 Å². The number of fused-ring (bicyclic) bond motifs is 1. The van der Waals surface area contributed by atoms with Gasteiger partial charge in [0.25, 0.3) is 0 Å². The van der Waals surface area contributed by atoms with Crippen LogP contribution in [0.1, 0.15) is 71.9 Å². The number of imidazole rings is 1. The minimum absolute atomic E-state index is 0.121. The highest BCUT2D eigenvalue weighted by molar-refractivity contribution is 5.81. The predicted octanol–water partition coefficient (Wildman–Crippen LogP) is 6.97. The van der Waals surface area contributed by atoms with Crippen molar-refractivity contribution in [1.82, 2.24) is 9.55 Å². The molecule has 2 aromatic carbocycles. The minimum atomic E-state index is -0.781. The summed E-state index contributed by atoms with van der Waals surface area (Å²) in [4.78, 5) is 16.0. The number of hydrogen-bond donors (Lipinski definition) is 2. The van der Waals surface area contributed by atoms with E-state index in [9.17, 15) is 4.79 Å². The Kier molecular flexibility index (Phi) is 6.87. The van der Waals surface area contributed by atoms with Gasteiger partial charge in [-0.1, -0.05) is 26.8 Å². The summed E-state index contributed by atoms with van der Waals surface area (Å²) in [6.45, 7) is 11.1. The third-order valence-electron chi connectivity index (χ3n) is 6.59. The fraction of sp³-hybridized carbons (Fsp3) is 0.500. The second kappa shape index (κ2) is 9.69. The summed E-state index contributed by atoms with van der Waals surface area (Å²) < 4.78 is 8.15. The number of carboxylic acids is 1. The van der Waals surface area contributed by atoms with E-state index in [1.54, 1.807) is 0 Å². The summed E-state index contributed by atoms with van der Waals surface area (Å²) in [5.74, 6) is 1.54. The standard InChI is InChI=1S/C28H37N3O3/c1-18(2)34-23-10-8-21(9-11-23)29-27-30-24-15-20(7-13-26(32)33)6-12-25(24)31(27)22-14-19(3)16-28(4,5)17-22/h6,8-12,15,18-19,22H,7,13-14,16-17H2,1-5H3,(H,29,30)(H,32,33)/t19-,22-/m1/s1. The summed E-state index contributed by atoms with van der Waals surface area (Å²) >= 11 is 0. The Labute approximate surface area is 202 Å². The van der Waals surface area contributed by atoms with Crippen molar-refractivity contribution >= 4 is 28.6 Å². The molecule has 2 N–H and O–H groups in total. The second-order valence-corrected chi connectivity index (χ2v) is 10.9. The lowest BCUT2D eigenvalue weighted by atomic mass is 9.70. The smallest absolute Gasteiger partial charge is 0.303 e. The average molecular weight is 464 g/mol. The molecule has 1 saturated carbocycles. The molecular formula is C28H37N3O3. The van der Waals surface area contributed by atoms with Crippen LogP contribution in [0.3, 0.4) is 0 Å². The van der Waals surface area contributed by atoms with Gasteiger partial charge in [0, 0.05) is 18.2 Å². The number of rotatable bonds is 8. The van der Waals surface area contributed by atoms with Gasteiger partial charge < -0.3 is 19.7 Å². The van der Waals surface area contributed by atoms with Gasteiger partial charge in [-0.2, -0.15) is 0 Å². The van der Waals surface area contributed by atoms with Crippen LogP contribution in [-0.2, 0) is 11.2 Å². The summed E-state index contributed by atoms with van der Waals surface area (Å²) in [6.07, 6.45) is 4.21. The molecule has 3 aromatic rings. The number of aryl methyl sites for hydroxylation is 1. The molecule has 34 heavy (non-hydrogen) atoms. The quantitative estimate of drug-likeness (QED) is 0.377. The Bertz CT molecular complexity index is 1150. The van der Waals surface area contributed by atoms with Crippen molar-refractivity contribution in [2.24, 2.45) is 11.3 Å². The topological polar surface area (TPSA) is 76.4 Å². The van der Waals surface area contributed by atoms with Crippen molar-refractivity contribution in [3.05, 3.63) is 48.0 Å². The number of anilines is 2. The molecule has 6 nitrogen and oxygen atoms in total. The highest BCUT2D eigenvalue weighted by atomic mass is 16.5. The molecule has 2 atom stereocenters. The molecule has 6 heteroatoms. The molecule has 182 valence electrons. The van der Waals surface area contributed by atoms with E-state index in [2.05, 4.69) is 36.7 Å². The zero-order valence-electron chi connectivity index (χ0n) is 21.0. The van der Waals surface area contributed by atoms with Crippen molar-refractivity contribution < 1.29 is 14.6 Å². The van der Waals surface area contributed by atoms with Crippen LogP contribution >= 0.6 is 0 Å². The molecule has 0 amide bonds. The molecule has 0 saturated heterocycles. The van der Waals surface area contributed by atoms with Gasteiger partial charge in [-0.05, 0) is 92.8 Å². The molecule has 0 bridgehead atoms. The van der Waals surface area contributed by atoms with Crippen molar-refractivity contribution in [3.63, 3.8) is 0 Å². The molecule has 0 radical (unpaired) electrons. The lowest BCUT2D eigenvalue weighted by Gasteiger charge is -2.40. The zero-order chi connectivity index (χ0) is 24.5. The van der Waals surface area contributed by atoms with Crippen molar-refractivity contribution in [3.8, 4) is 5.75 Å². The molecule has 0 unspecified atom stereocenters. The maximum atomic E-state index is 11.0. The largest absolute Gasteiger partial charge is 0.491 e. The monoisotopic (exact) mass is 463 g/mol. The van der Waals surface area contributed by atoms with E-state index in [1.807, 2.05) is 50.2 Å². The van der Waals surface area contributed by atoms with E-state index in [0.717, 1.165) is 46.8 Å². The molecule has 1 aromatic heterocycles. The Balaban J connectivity index is 1.71. The molecule has 0 aliphatic heterocycles. The molecule has 0 spiro atoms. The first kappa shape index (κ1) is 24.1. The van der Waals surface area contributed by atoms with Gasteiger partial charge >= 0.3 is 5.97 Å². The third kappa shape index (κ3) is 5.72. The Hall–Kier alpha value is -3.02.